The van der Waals surface area contributed by atoms with Gasteiger partial charge in [0.2, 0.25) is 0 Å². The standard InChI is InChI=1S/C18H13ClN4O4S.2Na/c19-17-10-9-16(28(25,26)27)11-18(17)23-22-13-3-1-12(2-4-13)20-21-14-5-7-15(24)8-6-14;;/h1-11,24H,(H,25,26,27);;/q;2*+1/p-2. The molecule has 0 amide bonds. The monoisotopic (exact) mass is 460 g/mol. The summed E-state index contributed by atoms with van der Waals surface area (Å²) >= 11 is 5.95. The van der Waals surface area contributed by atoms with Crippen molar-refractivity contribution in [3.05, 3.63) is 71.8 Å². The Morgan fingerprint density at radius 3 is 1.60 bits per heavy atom. The first-order valence-electron chi connectivity index (χ1n) is 7.77. The van der Waals surface area contributed by atoms with E-state index in [-0.39, 0.29) is 75.6 Å². The van der Waals surface area contributed by atoms with Crippen molar-refractivity contribution in [1.82, 2.24) is 0 Å². The van der Waals surface area contributed by atoms with Crippen LogP contribution in [0.3, 0.4) is 0 Å². The fraction of sp³-hybridized carbons (Fsp3) is 0. The van der Waals surface area contributed by atoms with Crippen molar-refractivity contribution in [1.29, 1.82) is 0 Å². The number of nitrogens with zero attached hydrogens (tertiary/aromatic N) is 4. The van der Waals surface area contributed by atoms with Gasteiger partial charge in [-0.3, -0.25) is 0 Å². The summed E-state index contributed by atoms with van der Waals surface area (Å²) in [5.41, 5.74) is 1.62. The van der Waals surface area contributed by atoms with E-state index in [4.69, 9.17) is 11.6 Å². The van der Waals surface area contributed by atoms with Crippen LogP contribution in [0.15, 0.2) is 92.1 Å². The molecule has 0 fully saturated rings. The summed E-state index contributed by atoms with van der Waals surface area (Å²) in [6, 6.07) is 15.9. The molecule has 0 spiro atoms. The van der Waals surface area contributed by atoms with Gasteiger partial charge in [0, 0.05) is 0 Å². The van der Waals surface area contributed by atoms with Gasteiger partial charge in [0.05, 0.1) is 27.0 Å². The van der Waals surface area contributed by atoms with Gasteiger partial charge in [0.15, 0.2) is 0 Å². The topological polar surface area (TPSA) is 130 Å². The maximum absolute atomic E-state index is 11.1. The summed E-state index contributed by atoms with van der Waals surface area (Å²) in [4.78, 5) is -0.438. The van der Waals surface area contributed by atoms with Gasteiger partial charge in [0.1, 0.15) is 15.8 Å². The minimum Gasteiger partial charge on any atom is -0.872 e. The Kier molecular flexibility index (Phi) is 10.8. The molecule has 30 heavy (non-hydrogen) atoms. The van der Waals surface area contributed by atoms with Gasteiger partial charge in [-0.1, -0.05) is 23.7 Å². The van der Waals surface area contributed by atoms with Crippen LogP contribution in [-0.2, 0) is 10.1 Å². The van der Waals surface area contributed by atoms with E-state index < -0.39 is 15.0 Å². The zero-order valence-corrected chi connectivity index (χ0v) is 21.6. The van der Waals surface area contributed by atoms with Gasteiger partial charge in [-0.05, 0) is 54.6 Å². The van der Waals surface area contributed by atoms with Crippen LogP contribution in [0.1, 0.15) is 0 Å². The molecule has 0 aliphatic rings. The molecule has 142 valence electrons. The summed E-state index contributed by atoms with van der Waals surface area (Å²) < 4.78 is 33.2. The van der Waals surface area contributed by atoms with Crippen LogP contribution in [0.25, 0.3) is 0 Å². The van der Waals surface area contributed by atoms with Crippen molar-refractivity contribution in [2.75, 3.05) is 0 Å². The molecule has 3 aromatic rings. The van der Waals surface area contributed by atoms with Crippen LogP contribution in [0, 0.1) is 0 Å². The van der Waals surface area contributed by atoms with Crippen LogP contribution in [-0.4, -0.2) is 13.0 Å². The summed E-state index contributed by atoms with van der Waals surface area (Å²) in [6.07, 6.45) is 0. The molecule has 3 rings (SSSR count). The van der Waals surface area contributed by atoms with Crippen molar-refractivity contribution in [3.63, 3.8) is 0 Å². The van der Waals surface area contributed by atoms with Gasteiger partial charge in [0.25, 0.3) is 0 Å². The molecule has 0 N–H and O–H groups in total. The van der Waals surface area contributed by atoms with Gasteiger partial charge >= 0.3 is 59.1 Å². The zero-order chi connectivity index (χ0) is 20.1. The van der Waals surface area contributed by atoms with Crippen LogP contribution < -0.4 is 64.2 Å². The molecule has 0 saturated heterocycles. The van der Waals surface area contributed by atoms with E-state index in [9.17, 15) is 18.1 Å². The third kappa shape index (κ3) is 7.84. The molecule has 0 radical (unpaired) electrons. The molecule has 0 bridgehead atoms. The van der Waals surface area contributed by atoms with Crippen molar-refractivity contribution in [2.45, 2.75) is 4.90 Å². The van der Waals surface area contributed by atoms with Gasteiger partial charge < -0.3 is 9.66 Å². The number of hydrogen-bond acceptors (Lipinski definition) is 8. The second-order valence-corrected chi connectivity index (χ2v) is 7.26. The Balaban J connectivity index is 0.00000225. The van der Waals surface area contributed by atoms with E-state index in [1.165, 1.54) is 18.2 Å². The predicted octanol–water partition coefficient (Wildman–Crippen LogP) is -0.843. The quantitative estimate of drug-likeness (QED) is 0.279. The van der Waals surface area contributed by atoms with Crippen LogP contribution in [0.4, 0.5) is 22.7 Å². The third-order valence-corrected chi connectivity index (χ3v) is 4.60. The first-order chi connectivity index (χ1) is 13.3. The van der Waals surface area contributed by atoms with Crippen molar-refractivity contribution in [2.24, 2.45) is 20.5 Å². The molecule has 12 heteroatoms. The van der Waals surface area contributed by atoms with Crippen LogP contribution >= 0.6 is 11.6 Å². The van der Waals surface area contributed by atoms with Crippen LogP contribution in [0.2, 0.25) is 5.02 Å². The second-order valence-electron chi connectivity index (χ2n) is 5.48. The summed E-state index contributed by atoms with van der Waals surface area (Å²) in [5.74, 6) is -0.104. The van der Waals surface area contributed by atoms with Gasteiger partial charge in [-0.15, -0.1) is 10.9 Å². The van der Waals surface area contributed by atoms with E-state index in [0.29, 0.717) is 17.1 Å². The number of azo groups is 2. The Bertz CT molecular complexity index is 1160. The van der Waals surface area contributed by atoms with Crippen LogP contribution in [0.5, 0.6) is 5.75 Å². The SMILES string of the molecule is O=S(=O)([O-])c1ccc(Cl)c(N=Nc2ccc(N=Nc3ccc([O-])cc3)cc2)c1.[Na+].[Na+]. The Labute approximate surface area is 222 Å². The van der Waals surface area contributed by atoms with E-state index in [0.717, 1.165) is 12.1 Å². The molecule has 0 unspecified atom stereocenters. The molecule has 3 aromatic carbocycles. The summed E-state index contributed by atoms with van der Waals surface area (Å²) in [7, 11) is -4.61. The number of rotatable bonds is 5. The van der Waals surface area contributed by atoms with E-state index in [1.807, 2.05) is 0 Å². The number of halogens is 1. The number of hydrogen-bond donors (Lipinski definition) is 0. The Hall–Kier alpha value is -1.14. The minimum absolute atomic E-state index is 0. The predicted molar refractivity (Wildman–Crippen MR) is 100 cm³/mol. The Morgan fingerprint density at radius 1 is 0.700 bits per heavy atom. The zero-order valence-electron chi connectivity index (χ0n) is 16.1. The molecule has 0 atom stereocenters. The minimum atomic E-state index is -4.61. The molecular formula is C18H11ClN4Na2O4S. The molecule has 0 aromatic heterocycles. The number of benzene rings is 3. The normalized spacial score (nSPS) is 11.3. The third-order valence-electron chi connectivity index (χ3n) is 3.45. The average molecular weight is 461 g/mol. The molecule has 8 nitrogen and oxygen atoms in total. The van der Waals surface area contributed by atoms with Gasteiger partial charge in [-0.25, -0.2) is 8.42 Å². The van der Waals surface area contributed by atoms with E-state index in [1.54, 1.807) is 36.4 Å². The van der Waals surface area contributed by atoms with Crippen molar-refractivity contribution >= 4 is 44.5 Å². The van der Waals surface area contributed by atoms with E-state index >= 15 is 0 Å². The summed E-state index contributed by atoms with van der Waals surface area (Å²) in [6.45, 7) is 0. The van der Waals surface area contributed by atoms with Crippen molar-refractivity contribution in [3.8, 4) is 5.75 Å². The maximum atomic E-state index is 11.1. The van der Waals surface area contributed by atoms with Crippen molar-refractivity contribution < 1.29 is 77.2 Å². The fourth-order valence-corrected chi connectivity index (χ4v) is 2.70. The largest absolute Gasteiger partial charge is 1.00 e. The van der Waals surface area contributed by atoms with E-state index in [2.05, 4.69) is 20.5 Å². The van der Waals surface area contributed by atoms with Gasteiger partial charge in [-0.2, -0.15) is 15.3 Å². The molecular weight excluding hydrogens is 450 g/mol. The summed E-state index contributed by atoms with van der Waals surface area (Å²) in [5, 5.41) is 27.1. The molecule has 0 aliphatic heterocycles. The maximum Gasteiger partial charge on any atom is 1.00 e. The fourth-order valence-electron chi connectivity index (χ4n) is 2.05. The first kappa shape index (κ1) is 26.9. The molecule has 0 saturated carbocycles. The smallest absolute Gasteiger partial charge is 0.872 e. The average Bonchev–Trinajstić information content (AvgIpc) is 2.67. The Morgan fingerprint density at radius 2 is 1.13 bits per heavy atom. The second kappa shape index (κ2) is 12.0. The molecule has 0 heterocycles. The molecule has 0 aliphatic carbocycles. The first-order valence-corrected chi connectivity index (χ1v) is 9.56.